The van der Waals surface area contributed by atoms with E-state index in [2.05, 4.69) is 43.1 Å². The molecule has 1 aliphatic rings. The van der Waals surface area contributed by atoms with Crippen LogP contribution >= 0.6 is 0 Å². The van der Waals surface area contributed by atoms with Crippen molar-refractivity contribution in [1.29, 1.82) is 0 Å². The first-order valence-corrected chi connectivity index (χ1v) is 7.13. The molecule has 0 saturated heterocycles. The van der Waals surface area contributed by atoms with Crippen LogP contribution in [-0.4, -0.2) is 24.5 Å². The van der Waals surface area contributed by atoms with Gasteiger partial charge in [-0.1, -0.05) is 36.2 Å². The molecule has 2 nitrogen and oxygen atoms in total. The van der Waals surface area contributed by atoms with Crippen LogP contribution in [0.3, 0.4) is 0 Å². The molecule has 0 aromatic heterocycles. The second-order valence-electron chi connectivity index (χ2n) is 5.98. The summed E-state index contributed by atoms with van der Waals surface area (Å²) in [6.45, 7) is 4.37. The molecular weight excluding hydrogens is 220 g/mol. The quantitative estimate of drug-likeness (QED) is 0.885. The van der Waals surface area contributed by atoms with E-state index in [0.717, 1.165) is 12.5 Å². The first kappa shape index (κ1) is 13.6. The third kappa shape index (κ3) is 4.11. The maximum absolute atomic E-state index is 6.05. The molecule has 0 aliphatic heterocycles. The van der Waals surface area contributed by atoms with Crippen molar-refractivity contribution in [3.63, 3.8) is 0 Å². The van der Waals surface area contributed by atoms with Crippen molar-refractivity contribution in [3.8, 4) is 0 Å². The summed E-state index contributed by atoms with van der Waals surface area (Å²) in [4.78, 5) is 2.44. The molecule has 2 heteroatoms. The lowest BCUT2D eigenvalue weighted by atomic mass is 9.86. The number of nitrogens with two attached hydrogens (primary N) is 1. The molecule has 100 valence electrons. The van der Waals surface area contributed by atoms with Crippen molar-refractivity contribution in [2.75, 3.05) is 13.6 Å². The Kier molecular flexibility index (Phi) is 4.79. The van der Waals surface area contributed by atoms with Gasteiger partial charge in [-0.3, -0.25) is 0 Å². The third-order valence-corrected chi connectivity index (χ3v) is 3.97. The average molecular weight is 246 g/mol. The predicted octanol–water partition coefficient (Wildman–Crippen LogP) is 2.94. The van der Waals surface area contributed by atoms with Crippen molar-refractivity contribution in [3.05, 3.63) is 35.4 Å². The first-order valence-electron chi connectivity index (χ1n) is 7.13. The third-order valence-electron chi connectivity index (χ3n) is 3.97. The lowest BCUT2D eigenvalue weighted by Crippen LogP contribution is -2.34. The van der Waals surface area contributed by atoms with Gasteiger partial charge in [-0.15, -0.1) is 0 Å². The van der Waals surface area contributed by atoms with Crippen LogP contribution < -0.4 is 5.73 Å². The zero-order valence-electron chi connectivity index (χ0n) is 11.7. The van der Waals surface area contributed by atoms with E-state index in [4.69, 9.17) is 5.73 Å². The second kappa shape index (κ2) is 6.35. The van der Waals surface area contributed by atoms with E-state index in [1.165, 1.54) is 43.4 Å². The fourth-order valence-electron chi connectivity index (χ4n) is 3.01. The molecule has 1 aliphatic carbocycles. The van der Waals surface area contributed by atoms with Crippen molar-refractivity contribution in [1.82, 2.24) is 4.90 Å². The summed E-state index contributed by atoms with van der Waals surface area (Å²) in [7, 11) is 2.22. The van der Waals surface area contributed by atoms with Gasteiger partial charge in [-0.25, -0.2) is 0 Å². The lowest BCUT2D eigenvalue weighted by Gasteiger charge is -2.30. The van der Waals surface area contributed by atoms with Gasteiger partial charge in [-0.2, -0.15) is 0 Å². The lowest BCUT2D eigenvalue weighted by molar-refractivity contribution is 0.216. The SMILES string of the molecule is Cc1ccc(CN(C)CC2CCCC(N)C2)cc1. The van der Waals surface area contributed by atoms with Crippen molar-refractivity contribution >= 4 is 0 Å². The van der Waals surface area contributed by atoms with Crippen LogP contribution in [0.4, 0.5) is 0 Å². The highest BCUT2D eigenvalue weighted by molar-refractivity contribution is 5.21. The Labute approximate surface area is 111 Å². The van der Waals surface area contributed by atoms with E-state index >= 15 is 0 Å². The maximum Gasteiger partial charge on any atom is 0.0230 e. The van der Waals surface area contributed by atoms with E-state index < -0.39 is 0 Å². The maximum atomic E-state index is 6.05. The number of nitrogens with zero attached hydrogens (tertiary/aromatic N) is 1. The highest BCUT2D eigenvalue weighted by atomic mass is 15.1. The monoisotopic (exact) mass is 246 g/mol. The summed E-state index contributed by atoms with van der Waals surface area (Å²) in [6, 6.07) is 9.30. The fourth-order valence-corrected chi connectivity index (χ4v) is 3.01. The van der Waals surface area contributed by atoms with Crippen LogP contribution in [0.2, 0.25) is 0 Å². The molecule has 2 rings (SSSR count). The molecule has 0 heterocycles. The zero-order valence-corrected chi connectivity index (χ0v) is 11.7. The summed E-state index contributed by atoms with van der Waals surface area (Å²) >= 11 is 0. The van der Waals surface area contributed by atoms with Gasteiger partial charge in [0.25, 0.3) is 0 Å². The molecule has 2 unspecified atom stereocenters. The van der Waals surface area contributed by atoms with Crippen LogP contribution in [-0.2, 0) is 6.54 Å². The normalized spacial score (nSPS) is 24.4. The fraction of sp³-hybridized carbons (Fsp3) is 0.625. The van der Waals surface area contributed by atoms with E-state index in [1.807, 2.05) is 0 Å². The molecule has 0 radical (unpaired) electrons. The molecule has 0 amide bonds. The Balaban J connectivity index is 1.81. The topological polar surface area (TPSA) is 29.3 Å². The van der Waals surface area contributed by atoms with Gasteiger partial charge in [-0.05, 0) is 44.7 Å². The summed E-state index contributed by atoms with van der Waals surface area (Å²) in [5.74, 6) is 0.796. The smallest absolute Gasteiger partial charge is 0.0230 e. The van der Waals surface area contributed by atoms with Crippen molar-refractivity contribution in [2.24, 2.45) is 11.7 Å². The summed E-state index contributed by atoms with van der Waals surface area (Å²) < 4.78 is 0. The number of benzene rings is 1. The van der Waals surface area contributed by atoms with E-state index in [-0.39, 0.29) is 0 Å². The van der Waals surface area contributed by atoms with Gasteiger partial charge < -0.3 is 10.6 Å². The molecule has 1 aromatic rings. The molecule has 1 aromatic carbocycles. The molecule has 18 heavy (non-hydrogen) atoms. The predicted molar refractivity (Wildman–Crippen MR) is 77.4 cm³/mol. The summed E-state index contributed by atoms with van der Waals surface area (Å²) in [5.41, 5.74) is 8.79. The minimum atomic E-state index is 0.441. The standard InChI is InChI=1S/C16H26N2/c1-13-6-8-14(9-7-13)11-18(2)12-15-4-3-5-16(17)10-15/h6-9,15-16H,3-5,10-12,17H2,1-2H3. The highest BCUT2D eigenvalue weighted by Gasteiger charge is 2.20. The van der Waals surface area contributed by atoms with Gasteiger partial charge in [0, 0.05) is 19.1 Å². The minimum Gasteiger partial charge on any atom is -0.328 e. The summed E-state index contributed by atoms with van der Waals surface area (Å²) in [6.07, 6.45) is 5.09. The van der Waals surface area contributed by atoms with Crippen LogP contribution in [0.15, 0.2) is 24.3 Å². The molecule has 0 spiro atoms. The Morgan fingerprint density at radius 2 is 1.94 bits per heavy atom. The molecule has 2 atom stereocenters. The highest BCUT2D eigenvalue weighted by Crippen LogP contribution is 2.24. The number of hydrogen-bond acceptors (Lipinski definition) is 2. The van der Waals surface area contributed by atoms with Gasteiger partial charge in [0.2, 0.25) is 0 Å². The van der Waals surface area contributed by atoms with Gasteiger partial charge >= 0.3 is 0 Å². The molecule has 1 fully saturated rings. The van der Waals surface area contributed by atoms with Gasteiger partial charge in [0.15, 0.2) is 0 Å². The second-order valence-corrected chi connectivity index (χ2v) is 5.98. The molecular formula is C16H26N2. The number of hydrogen-bond donors (Lipinski definition) is 1. The summed E-state index contributed by atoms with van der Waals surface area (Å²) in [5, 5.41) is 0. The average Bonchev–Trinajstić information content (AvgIpc) is 2.32. The van der Waals surface area contributed by atoms with Gasteiger partial charge in [0.05, 0.1) is 0 Å². The molecule has 1 saturated carbocycles. The van der Waals surface area contributed by atoms with Crippen LogP contribution in [0.25, 0.3) is 0 Å². The Morgan fingerprint density at radius 1 is 1.22 bits per heavy atom. The Morgan fingerprint density at radius 3 is 2.61 bits per heavy atom. The Hall–Kier alpha value is -0.860. The largest absolute Gasteiger partial charge is 0.328 e. The molecule has 2 N–H and O–H groups in total. The Bertz CT molecular complexity index is 358. The van der Waals surface area contributed by atoms with Crippen molar-refractivity contribution in [2.45, 2.75) is 45.2 Å². The molecule has 0 bridgehead atoms. The van der Waals surface area contributed by atoms with Crippen molar-refractivity contribution < 1.29 is 0 Å². The minimum absolute atomic E-state index is 0.441. The van der Waals surface area contributed by atoms with E-state index in [9.17, 15) is 0 Å². The van der Waals surface area contributed by atoms with E-state index in [0.29, 0.717) is 6.04 Å². The van der Waals surface area contributed by atoms with E-state index in [1.54, 1.807) is 0 Å². The number of aryl methyl sites for hydroxylation is 1. The number of rotatable bonds is 4. The van der Waals surface area contributed by atoms with Crippen LogP contribution in [0.1, 0.15) is 36.8 Å². The zero-order chi connectivity index (χ0) is 13.0. The first-order chi connectivity index (χ1) is 8.63. The van der Waals surface area contributed by atoms with Crippen LogP contribution in [0, 0.1) is 12.8 Å². The van der Waals surface area contributed by atoms with Crippen LogP contribution in [0.5, 0.6) is 0 Å². The van der Waals surface area contributed by atoms with Gasteiger partial charge in [0.1, 0.15) is 0 Å².